The summed E-state index contributed by atoms with van der Waals surface area (Å²) < 4.78 is 0. The highest BCUT2D eigenvalue weighted by Crippen LogP contribution is 2.20. The van der Waals surface area contributed by atoms with Gasteiger partial charge in [-0.15, -0.1) is 0 Å². The lowest BCUT2D eigenvalue weighted by Crippen LogP contribution is -3.01. The van der Waals surface area contributed by atoms with Crippen LogP contribution in [0.2, 0.25) is 0 Å². The topological polar surface area (TPSA) is 191 Å². The standard InChI is InChI=1S/C22H22N4O8/c27-23(28)19-11-9-17(21(13-19)25(31)32)7-5-15-1-2-16(4-3-15)6-8-18-10-12-20(24(29)30)14-22(18)26(33)34/h1-14,23-27,29,31,33H. The van der Waals surface area contributed by atoms with E-state index in [-0.39, 0.29) is 22.7 Å². The molecule has 3 rings (SSSR count). The maximum absolute atomic E-state index is 11.5. The summed E-state index contributed by atoms with van der Waals surface area (Å²) >= 11 is 0. The van der Waals surface area contributed by atoms with Gasteiger partial charge in [0, 0.05) is 23.3 Å². The maximum atomic E-state index is 11.5. The van der Waals surface area contributed by atoms with E-state index >= 15 is 0 Å². The van der Waals surface area contributed by atoms with Gasteiger partial charge < -0.3 is 20.8 Å². The summed E-state index contributed by atoms with van der Waals surface area (Å²) in [6.07, 6.45) is 6.51. The molecule has 0 aromatic heterocycles. The summed E-state index contributed by atoms with van der Waals surface area (Å²) in [5.74, 6) is 0. The molecule has 0 saturated carbocycles. The van der Waals surface area contributed by atoms with Crippen molar-refractivity contribution >= 4 is 47.1 Å². The van der Waals surface area contributed by atoms with Crippen LogP contribution in [-0.4, -0.2) is 20.8 Å². The molecule has 12 heteroatoms. The molecule has 8 N–H and O–H groups in total. The number of nitrogens with one attached hydrogen (secondary N) is 4. The molecule has 4 atom stereocenters. The molecule has 0 amide bonds. The molecular weight excluding hydrogens is 448 g/mol. The van der Waals surface area contributed by atoms with Gasteiger partial charge in [-0.05, 0) is 35.4 Å². The molecule has 178 valence electrons. The molecule has 3 aromatic carbocycles. The Bertz CT molecular complexity index is 1090. The predicted octanol–water partition coefficient (Wildman–Crippen LogP) is -0.359. The lowest BCUT2D eigenvalue weighted by Gasteiger charge is -2.17. The largest absolute Gasteiger partial charge is 0.595 e. The van der Waals surface area contributed by atoms with Crippen molar-refractivity contribution in [2.45, 2.75) is 0 Å². The van der Waals surface area contributed by atoms with Gasteiger partial charge in [-0.25, -0.2) is 20.8 Å². The van der Waals surface area contributed by atoms with E-state index in [1.807, 2.05) is 0 Å². The van der Waals surface area contributed by atoms with E-state index in [4.69, 9.17) is 10.4 Å². The van der Waals surface area contributed by atoms with Crippen molar-refractivity contribution in [3.63, 3.8) is 0 Å². The van der Waals surface area contributed by atoms with Crippen LogP contribution in [-0.2, 0) is 0 Å². The van der Waals surface area contributed by atoms with Gasteiger partial charge in [0.05, 0.1) is 12.1 Å². The average Bonchev–Trinajstić information content (AvgIpc) is 2.81. The van der Waals surface area contributed by atoms with Crippen LogP contribution in [0.25, 0.3) is 24.3 Å². The zero-order chi connectivity index (χ0) is 24.8. The summed E-state index contributed by atoms with van der Waals surface area (Å²) in [7, 11) is 0. The summed E-state index contributed by atoms with van der Waals surface area (Å²) in [6.45, 7) is 0. The Morgan fingerprint density at radius 3 is 1.12 bits per heavy atom. The minimum absolute atomic E-state index is 0.116. The maximum Gasteiger partial charge on any atom is 0.177 e. The Kier molecular flexibility index (Phi) is 8.32. The average molecular weight is 470 g/mol. The van der Waals surface area contributed by atoms with Gasteiger partial charge in [-0.1, -0.05) is 36.4 Å². The molecule has 0 saturated heterocycles. The summed E-state index contributed by atoms with van der Waals surface area (Å²) in [5.41, 5.74) is 1.74. The first-order valence-corrected chi connectivity index (χ1v) is 9.83. The highest BCUT2D eigenvalue weighted by molar-refractivity contribution is 5.77. The molecule has 0 radical (unpaired) electrons. The Balaban J connectivity index is 1.78. The molecular formula is C22H22N4O8. The summed E-state index contributed by atoms with van der Waals surface area (Å²) in [6, 6.07) is 14.8. The molecule has 4 unspecified atom stereocenters. The van der Waals surface area contributed by atoms with Crippen molar-refractivity contribution in [3.8, 4) is 0 Å². The van der Waals surface area contributed by atoms with Gasteiger partial charge in [0.25, 0.3) is 0 Å². The van der Waals surface area contributed by atoms with Crippen molar-refractivity contribution in [1.82, 2.24) is 0 Å². The van der Waals surface area contributed by atoms with Crippen molar-refractivity contribution in [2.24, 2.45) is 0 Å². The third kappa shape index (κ3) is 6.37. The van der Waals surface area contributed by atoms with Crippen molar-refractivity contribution in [1.29, 1.82) is 0 Å². The molecule has 0 aliphatic rings. The van der Waals surface area contributed by atoms with Crippen LogP contribution in [0.4, 0.5) is 22.7 Å². The number of benzene rings is 3. The summed E-state index contributed by atoms with van der Waals surface area (Å²) in [4.78, 5) is 0. The lowest BCUT2D eigenvalue weighted by atomic mass is 10.1. The van der Waals surface area contributed by atoms with Crippen LogP contribution in [0, 0.1) is 20.8 Å². The fraction of sp³-hybridized carbons (Fsp3) is 0. The Morgan fingerprint density at radius 1 is 0.471 bits per heavy atom. The highest BCUT2D eigenvalue weighted by Gasteiger charge is 2.13. The van der Waals surface area contributed by atoms with E-state index in [0.29, 0.717) is 11.1 Å². The highest BCUT2D eigenvalue weighted by atomic mass is 16.8. The van der Waals surface area contributed by atoms with Crippen molar-refractivity contribution in [2.75, 3.05) is 0 Å². The number of rotatable bonds is 8. The fourth-order valence-corrected chi connectivity index (χ4v) is 3.13. The molecule has 0 aliphatic heterocycles. The van der Waals surface area contributed by atoms with Crippen LogP contribution >= 0.6 is 0 Å². The predicted molar refractivity (Wildman–Crippen MR) is 120 cm³/mol. The second kappa shape index (κ2) is 11.2. The number of hydrogen-bond acceptors (Lipinski definition) is 8. The van der Waals surface area contributed by atoms with Gasteiger partial charge in [0.15, 0.2) is 22.7 Å². The van der Waals surface area contributed by atoms with E-state index in [2.05, 4.69) is 0 Å². The molecule has 12 nitrogen and oxygen atoms in total. The molecule has 0 bridgehead atoms. The molecule has 0 fully saturated rings. The monoisotopic (exact) mass is 470 g/mol. The number of hydrogen-bond donors (Lipinski definition) is 8. The van der Waals surface area contributed by atoms with Gasteiger partial charge >= 0.3 is 0 Å². The molecule has 0 aliphatic carbocycles. The zero-order valence-electron chi connectivity index (χ0n) is 17.5. The van der Waals surface area contributed by atoms with Gasteiger partial charge in [0.2, 0.25) is 0 Å². The van der Waals surface area contributed by atoms with E-state index in [0.717, 1.165) is 23.3 Å². The van der Waals surface area contributed by atoms with Crippen LogP contribution in [0.3, 0.4) is 0 Å². The Hall–Kier alpha value is -3.34. The first kappa shape index (κ1) is 25.3. The third-order valence-corrected chi connectivity index (χ3v) is 4.91. The minimum Gasteiger partial charge on any atom is -0.595 e. The van der Waals surface area contributed by atoms with E-state index in [9.17, 15) is 31.2 Å². The van der Waals surface area contributed by atoms with Crippen molar-refractivity contribution in [3.05, 3.63) is 104 Å². The first-order valence-electron chi connectivity index (χ1n) is 9.83. The Morgan fingerprint density at radius 2 is 0.824 bits per heavy atom. The van der Waals surface area contributed by atoms with Gasteiger partial charge in [-0.3, -0.25) is 0 Å². The van der Waals surface area contributed by atoms with Gasteiger partial charge in [0.1, 0.15) is 0 Å². The first-order chi connectivity index (χ1) is 16.2. The molecule has 3 aromatic rings. The lowest BCUT2D eigenvalue weighted by molar-refractivity contribution is -0.996. The van der Waals surface area contributed by atoms with E-state index < -0.39 is 20.9 Å². The molecule has 0 heterocycles. The van der Waals surface area contributed by atoms with Crippen LogP contribution in [0.1, 0.15) is 22.3 Å². The normalized spacial score (nSPS) is 15.5. The van der Waals surface area contributed by atoms with Crippen molar-refractivity contribution < 1.29 is 41.7 Å². The van der Waals surface area contributed by atoms with E-state index in [1.54, 1.807) is 48.6 Å². The van der Waals surface area contributed by atoms with Crippen LogP contribution < -0.4 is 20.9 Å². The third-order valence-electron chi connectivity index (χ3n) is 4.91. The second-order valence-corrected chi connectivity index (χ2v) is 7.16. The molecule has 34 heavy (non-hydrogen) atoms. The molecule has 0 spiro atoms. The fourth-order valence-electron chi connectivity index (χ4n) is 3.13. The van der Waals surface area contributed by atoms with Gasteiger partial charge in [-0.2, -0.15) is 20.9 Å². The zero-order valence-corrected chi connectivity index (χ0v) is 17.5. The van der Waals surface area contributed by atoms with E-state index in [1.165, 1.54) is 24.3 Å². The minimum atomic E-state index is -1.24. The quantitative estimate of drug-likeness (QED) is 0.162. The smallest absolute Gasteiger partial charge is 0.177 e. The SMILES string of the molecule is [O-][NH+](O)c1ccc(C=Cc2ccc(C=Cc3ccc([NH+]([O-])O)cc3[NH+]([O-])O)cc2)c([NH+]([O-])O)c1. The van der Waals surface area contributed by atoms with Crippen LogP contribution in [0.15, 0.2) is 60.7 Å². The van der Waals surface area contributed by atoms with Crippen LogP contribution in [0.5, 0.6) is 0 Å². The summed E-state index contributed by atoms with van der Waals surface area (Å²) in [5, 5.41) is 76.9. The Labute approximate surface area is 193 Å². The second-order valence-electron chi connectivity index (χ2n) is 7.16. The number of quaternary nitrogens is 4.